The van der Waals surface area contributed by atoms with Crippen molar-refractivity contribution in [3.63, 3.8) is 0 Å². The van der Waals surface area contributed by atoms with Crippen molar-refractivity contribution in [2.45, 2.75) is 6.42 Å². The predicted octanol–water partition coefficient (Wildman–Crippen LogP) is 2.72. The van der Waals surface area contributed by atoms with Gasteiger partial charge in [-0.1, -0.05) is 12.1 Å². The van der Waals surface area contributed by atoms with Gasteiger partial charge in [0.25, 0.3) is 0 Å². The highest BCUT2D eigenvalue weighted by molar-refractivity contribution is 6.18. The lowest BCUT2D eigenvalue weighted by Crippen LogP contribution is -2.27. The topological polar surface area (TPSA) is 77.8 Å². The lowest BCUT2D eigenvalue weighted by molar-refractivity contribution is -0.154. The van der Waals surface area contributed by atoms with Crippen molar-refractivity contribution < 1.29 is 19.8 Å². The van der Waals surface area contributed by atoms with Gasteiger partial charge in [0.05, 0.1) is 0 Å². The molecule has 22 heavy (non-hydrogen) atoms. The zero-order chi connectivity index (χ0) is 15.8. The van der Waals surface area contributed by atoms with E-state index in [1.165, 1.54) is 0 Å². The van der Waals surface area contributed by atoms with E-state index in [1.807, 2.05) is 17.0 Å². The van der Waals surface area contributed by atoms with E-state index in [2.05, 4.69) is 0 Å². The van der Waals surface area contributed by atoms with Crippen LogP contribution in [0.5, 0.6) is 0 Å². The maximum absolute atomic E-state index is 10.9. The molecular formula is C14H18Cl3NO4. The second kappa shape index (κ2) is 10.5. The number of halogens is 3. The molecule has 0 amide bonds. The molecule has 0 aliphatic rings. The van der Waals surface area contributed by atoms with Crippen LogP contribution in [0.1, 0.15) is 5.56 Å². The Hall–Kier alpha value is -1.17. The van der Waals surface area contributed by atoms with Gasteiger partial charge in [-0.3, -0.25) is 9.59 Å². The fraction of sp³-hybridized carbons (Fsp3) is 0.429. The molecule has 0 fully saturated rings. The highest BCUT2D eigenvalue weighted by Gasteiger charge is 2.25. The van der Waals surface area contributed by atoms with Crippen LogP contribution in [0.25, 0.3) is 0 Å². The Morgan fingerprint density at radius 2 is 1.45 bits per heavy atom. The summed E-state index contributed by atoms with van der Waals surface area (Å²) < 4.78 is 0. The van der Waals surface area contributed by atoms with Crippen molar-refractivity contribution in [2.24, 2.45) is 5.92 Å². The van der Waals surface area contributed by atoms with Crippen molar-refractivity contribution in [3.05, 3.63) is 29.8 Å². The second-order valence-corrected chi connectivity index (χ2v) is 5.22. The minimum Gasteiger partial charge on any atom is -0.481 e. The van der Waals surface area contributed by atoms with Crippen LogP contribution >= 0.6 is 35.6 Å². The Labute approximate surface area is 145 Å². The molecule has 0 aliphatic carbocycles. The van der Waals surface area contributed by atoms with Gasteiger partial charge in [-0.15, -0.1) is 35.6 Å². The molecule has 0 aliphatic heterocycles. The van der Waals surface area contributed by atoms with Crippen LogP contribution in [0.15, 0.2) is 24.3 Å². The molecule has 0 bridgehead atoms. The minimum atomic E-state index is -1.43. The standard InChI is InChI=1S/C14H17Cl2NO4.ClH/c15-5-7-17(8-6-16)11-3-1-10(2-4-11)9-12(13(18)19)14(20)21;/h1-4,12H,5-9H2,(H,18,19)(H,20,21);1H. The van der Waals surface area contributed by atoms with E-state index < -0.39 is 17.9 Å². The summed E-state index contributed by atoms with van der Waals surface area (Å²) in [5.41, 5.74) is 1.58. The maximum atomic E-state index is 10.9. The SMILES string of the molecule is Cl.O=C(O)C(Cc1ccc(N(CCCl)CCCl)cc1)C(=O)O. The number of carboxylic acid groups (broad SMARTS) is 2. The fourth-order valence-corrected chi connectivity index (χ4v) is 2.34. The molecule has 5 nitrogen and oxygen atoms in total. The van der Waals surface area contributed by atoms with E-state index in [0.29, 0.717) is 30.4 Å². The molecule has 0 spiro atoms. The molecule has 1 rings (SSSR count). The first kappa shape index (κ1) is 20.8. The van der Waals surface area contributed by atoms with Gasteiger partial charge in [0, 0.05) is 30.5 Å². The minimum absolute atomic E-state index is 0. The molecule has 0 saturated heterocycles. The average molecular weight is 371 g/mol. The molecule has 1 aromatic rings. The second-order valence-electron chi connectivity index (χ2n) is 4.46. The van der Waals surface area contributed by atoms with Gasteiger partial charge >= 0.3 is 11.9 Å². The first-order valence-corrected chi connectivity index (χ1v) is 7.48. The Balaban J connectivity index is 0.00000441. The molecule has 0 radical (unpaired) electrons. The number of benzene rings is 1. The number of carbonyl (C=O) groups is 2. The predicted molar refractivity (Wildman–Crippen MR) is 89.8 cm³/mol. The van der Waals surface area contributed by atoms with Crippen molar-refractivity contribution in [1.29, 1.82) is 0 Å². The van der Waals surface area contributed by atoms with E-state index in [9.17, 15) is 9.59 Å². The third-order valence-electron chi connectivity index (χ3n) is 3.05. The summed E-state index contributed by atoms with van der Waals surface area (Å²) in [5, 5.41) is 17.7. The number of hydrogen-bond acceptors (Lipinski definition) is 3. The summed E-state index contributed by atoms with van der Waals surface area (Å²) in [4.78, 5) is 23.8. The first-order valence-electron chi connectivity index (χ1n) is 6.41. The molecule has 0 saturated carbocycles. The lowest BCUT2D eigenvalue weighted by Gasteiger charge is -2.23. The zero-order valence-corrected chi connectivity index (χ0v) is 14.1. The van der Waals surface area contributed by atoms with Crippen molar-refractivity contribution in [3.8, 4) is 0 Å². The Kier molecular flexibility index (Phi) is 9.98. The molecule has 1 aromatic carbocycles. The van der Waals surface area contributed by atoms with E-state index in [4.69, 9.17) is 33.4 Å². The van der Waals surface area contributed by atoms with E-state index in [-0.39, 0.29) is 18.8 Å². The van der Waals surface area contributed by atoms with Crippen LogP contribution in [-0.4, -0.2) is 47.0 Å². The number of hydrogen-bond donors (Lipinski definition) is 2. The molecule has 0 aromatic heterocycles. The van der Waals surface area contributed by atoms with Crippen LogP contribution in [-0.2, 0) is 16.0 Å². The molecule has 124 valence electrons. The molecule has 0 unspecified atom stereocenters. The quantitative estimate of drug-likeness (QED) is 0.516. The highest BCUT2D eigenvalue weighted by Crippen LogP contribution is 2.18. The van der Waals surface area contributed by atoms with Crippen molar-refractivity contribution in [2.75, 3.05) is 29.7 Å². The van der Waals surface area contributed by atoms with Crippen LogP contribution in [0.3, 0.4) is 0 Å². The number of anilines is 1. The largest absolute Gasteiger partial charge is 0.481 e. The van der Waals surface area contributed by atoms with Crippen LogP contribution < -0.4 is 4.90 Å². The number of alkyl halides is 2. The molecule has 8 heteroatoms. The maximum Gasteiger partial charge on any atom is 0.318 e. The van der Waals surface area contributed by atoms with Gasteiger partial charge in [-0.05, 0) is 24.1 Å². The average Bonchev–Trinajstić information content (AvgIpc) is 2.44. The number of rotatable bonds is 9. The normalized spacial score (nSPS) is 10.1. The number of aliphatic carboxylic acids is 2. The van der Waals surface area contributed by atoms with E-state index in [1.54, 1.807) is 12.1 Å². The summed E-state index contributed by atoms with van der Waals surface area (Å²) in [6, 6.07) is 7.08. The van der Waals surface area contributed by atoms with E-state index >= 15 is 0 Å². The Morgan fingerprint density at radius 1 is 1.00 bits per heavy atom. The summed E-state index contributed by atoms with van der Waals surface area (Å²) in [5.74, 6) is -3.16. The van der Waals surface area contributed by atoms with Crippen LogP contribution in [0.4, 0.5) is 5.69 Å². The van der Waals surface area contributed by atoms with Crippen molar-refractivity contribution in [1.82, 2.24) is 0 Å². The number of nitrogens with zero attached hydrogens (tertiary/aromatic N) is 1. The summed E-state index contributed by atoms with van der Waals surface area (Å²) >= 11 is 11.5. The van der Waals surface area contributed by atoms with Crippen LogP contribution in [0.2, 0.25) is 0 Å². The summed E-state index contributed by atoms with van der Waals surface area (Å²) in [6.45, 7) is 1.31. The summed E-state index contributed by atoms with van der Waals surface area (Å²) in [7, 11) is 0. The lowest BCUT2D eigenvalue weighted by atomic mass is 9.99. The molecule has 0 heterocycles. The van der Waals surface area contributed by atoms with Crippen LogP contribution in [0, 0.1) is 5.92 Å². The third kappa shape index (κ3) is 6.30. The van der Waals surface area contributed by atoms with Gasteiger partial charge in [0.15, 0.2) is 5.92 Å². The van der Waals surface area contributed by atoms with Gasteiger partial charge in [0.1, 0.15) is 0 Å². The third-order valence-corrected chi connectivity index (χ3v) is 3.38. The number of carboxylic acids is 2. The van der Waals surface area contributed by atoms with Gasteiger partial charge in [0.2, 0.25) is 0 Å². The molecule has 0 atom stereocenters. The smallest absolute Gasteiger partial charge is 0.318 e. The van der Waals surface area contributed by atoms with Gasteiger partial charge in [-0.2, -0.15) is 0 Å². The Morgan fingerprint density at radius 3 is 1.82 bits per heavy atom. The summed E-state index contributed by atoms with van der Waals surface area (Å²) in [6.07, 6.45) is -0.0457. The highest BCUT2D eigenvalue weighted by atomic mass is 35.5. The fourth-order valence-electron chi connectivity index (χ4n) is 1.93. The van der Waals surface area contributed by atoms with E-state index in [0.717, 1.165) is 5.69 Å². The van der Waals surface area contributed by atoms with Crippen molar-refractivity contribution >= 4 is 53.2 Å². The molecule has 2 N–H and O–H groups in total. The first-order chi connectivity index (χ1) is 9.99. The molecular weight excluding hydrogens is 353 g/mol. The Bertz CT molecular complexity index is 461. The van der Waals surface area contributed by atoms with Gasteiger partial charge in [-0.25, -0.2) is 0 Å². The monoisotopic (exact) mass is 369 g/mol. The zero-order valence-electron chi connectivity index (χ0n) is 11.7. The van der Waals surface area contributed by atoms with Gasteiger partial charge < -0.3 is 15.1 Å².